The van der Waals surface area contributed by atoms with Crippen LogP contribution in [0.25, 0.3) is 0 Å². The third-order valence-electron chi connectivity index (χ3n) is 3.70. The lowest BCUT2D eigenvalue weighted by Gasteiger charge is -2.19. The van der Waals surface area contributed by atoms with Crippen molar-refractivity contribution >= 4 is 0 Å². The van der Waals surface area contributed by atoms with E-state index in [1.54, 1.807) is 14.2 Å². The van der Waals surface area contributed by atoms with Crippen LogP contribution in [-0.4, -0.2) is 27.3 Å². The van der Waals surface area contributed by atoms with Crippen LogP contribution in [0.1, 0.15) is 43.2 Å². The summed E-state index contributed by atoms with van der Waals surface area (Å²) in [5, 5.41) is 3.41. The topological polar surface area (TPSA) is 30.5 Å². The van der Waals surface area contributed by atoms with Gasteiger partial charge in [0.05, 0.1) is 14.2 Å². The third-order valence-corrected chi connectivity index (χ3v) is 3.70. The van der Waals surface area contributed by atoms with Crippen molar-refractivity contribution in [1.29, 1.82) is 0 Å². The molecule has 3 heteroatoms. The largest absolute Gasteiger partial charge is 0.496 e. The number of hydrogen-bond donors (Lipinski definition) is 1. The highest BCUT2D eigenvalue weighted by Gasteiger charge is 2.23. The first kappa shape index (κ1) is 13.2. The van der Waals surface area contributed by atoms with Gasteiger partial charge in [-0.05, 0) is 36.1 Å². The number of ether oxygens (including phenoxy) is 2. The zero-order valence-corrected chi connectivity index (χ0v) is 11.7. The SMILES string of the molecule is COc1cc(OC)c(C2CCNC2)cc1C(C)C. The first-order valence-electron chi connectivity index (χ1n) is 6.64. The molecule has 18 heavy (non-hydrogen) atoms. The van der Waals surface area contributed by atoms with Crippen molar-refractivity contribution in [2.45, 2.75) is 32.1 Å². The number of rotatable bonds is 4. The van der Waals surface area contributed by atoms with Gasteiger partial charge in [0.25, 0.3) is 0 Å². The molecule has 1 saturated heterocycles. The van der Waals surface area contributed by atoms with Crippen LogP contribution >= 0.6 is 0 Å². The Bertz CT molecular complexity index is 409. The molecule has 1 aromatic carbocycles. The second-order valence-electron chi connectivity index (χ2n) is 5.18. The molecule has 1 fully saturated rings. The summed E-state index contributed by atoms with van der Waals surface area (Å²) in [6.45, 7) is 6.53. The lowest BCUT2D eigenvalue weighted by Crippen LogP contribution is -2.09. The van der Waals surface area contributed by atoms with E-state index in [0.29, 0.717) is 11.8 Å². The van der Waals surface area contributed by atoms with Crippen LogP contribution in [0.3, 0.4) is 0 Å². The lowest BCUT2D eigenvalue weighted by atomic mass is 9.91. The molecule has 1 N–H and O–H groups in total. The van der Waals surface area contributed by atoms with Crippen molar-refractivity contribution in [3.05, 3.63) is 23.3 Å². The van der Waals surface area contributed by atoms with E-state index in [2.05, 4.69) is 25.2 Å². The van der Waals surface area contributed by atoms with Gasteiger partial charge in [-0.1, -0.05) is 13.8 Å². The Balaban J connectivity index is 2.46. The smallest absolute Gasteiger partial charge is 0.126 e. The minimum absolute atomic E-state index is 0.457. The van der Waals surface area contributed by atoms with E-state index in [4.69, 9.17) is 9.47 Å². The molecular formula is C15H23NO2. The van der Waals surface area contributed by atoms with Crippen molar-refractivity contribution in [3.63, 3.8) is 0 Å². The first-order valence-corrected chi connectivity index (χ1v) is 6.64. The standard InChI is InChI=1S/C15H23NO2/c1-10(2)12-7-13(11-5-6-16-9-11)15(18-4)8-14(12)17-3/h7-8,10-11,16H,5-6,9H2,1-4H3. The van der Waals surface area contributed by atoms with E-state index >= 15 is 0 Å². The lowest BCUT2D eigenvalue weighted by molar-refractivity contribution is 0.384. The summed E-state index contributed by atoms with van der Waals surface area (Å²) in [4.78, 5) is 0. The highest BCUT2D eigenvalue weighted by atomic mass is 16.5. The van der Waals surface area contributed by atoms with Crippen LogP contribution < -0.4 is 14.8 Å². The predicted molar refractivity (Wildman–Crippen MR) is 73.9 cm³/mol. The van der Waals surface area contributed by atoms with E-state index in [9.17, 15) is 0 Å². The molecule has 2 rings (SSSR count). The normalized spacial score (nSPS) is 19.3. The van der Waals surface area contributed by atoms with E-state index in [1.807, 2.05) is 6.07 Å². The highest BCUT2D eigenvalue weighted by Crippen LogP contribution is 2.38. The second-order valence-corrected chi connectivity index (χ2v) is 5.18. The zero-order chi connectivity index (χ0) is 13.1. The molecule has 0 radical (unpaired) electrons. The van der Waals surface area contributed by atoms with Gasteiger partial charge in [0.1, 0.15) is 11.5 Å². The fourth-order valence-electron chi connectivity index (χ4n) is 2.64. The summed E-state index contributed by atoms with van der Waals surface area (Å²) in [6, 6.07) is 4.29. The van der Waals surface area contributed by atoms with Gasteiger partial charge in [-0.3, -0.25) is 0 Å². The Kier molecular flexibility index (Phi) is 4.12. The van der Waals surface area contributed by atoms with E-state index in [-0.39, 0.29) is 0 Å². The van der Waals surface area contributed by atoms with E-state index in [0.717, 1.165) is 24.6 Å². The van der Waals surface area contributed by atoms with Crippen molar-refractivity contribution < 1.29 is 9.47 Å². The van der Waals surface area contributed by atoms with Gasteiger partial charge in [0, 0.05) is 18.5 Å². The molecule has 1 aromatic rings. The van der Waals surface area contributed by atoms with Crippen LogP contribution in [-0.2, 0) is 0 Å². The summed E-state index contributed by atoms with van der Waals surface area (Å²) in [6.07, 6.45) is 1.18. The van der Waals surface area contributed by atoms with Crippen LogP contribution in [0.5, 0.6) is 11.5 Å². The highest BCUT2D eigenvalue weighted by molar-refractivity contribution is 5.49. The summed E-state index contributed by atoms with van der Waals surface area (Å²) in [5.41, 5.74) is 2.58. The maximum absolute atomic E-state index is 5.53. The summed E-state index contributed by atoms with van der Waals surface area (Å²) in [5.74, 6) is 2.89. The van der Waals surface area contributed by atoms with Gasteiger partial charge in [0.15, 0.2) is 0 Å². The van der Waals surface area contributed by atoms with Crippen LogP contribution in [0.15, 0.2) is 12.1 Å². The fraction of sp³-hybridized carbons (Fsp3) is 0.600. The van der Waals surface area contributed by atoms with Crippen molar-refractivity contribution in [2.75, 3.05) is 27.3 Å². The van der Waals surface area contributed by atoms with Gasteiger partial charge >= 0.3 is 0 Å². The fourth-order valence-corrected chi connectivity index (χ4v) is 2.64. The minimum Gasteiger partial charge on any atom is -0.496 e. The molecule has 1 unspecified atom stereocenters. The molecule has 1 atom stereocenters. The molecule has 0 bridgehead atoms. The summed E-state index contributed by atoms with van der Waals surface area (Å²) in [7, 11) is 3.45. The second kappa shape index (κ2) is 5.61. The third kappa shape index (κ3) is 2.46. The number of benzene rings is 1. The maximum atomic E-state index is 5.53. The Morgan fingerprint density at radius 1 is 1.17 bits per heavy atom. The molecule has 1 aliphatic heterocycles. The van der Waals surface area contributed by atoms with Gasteiger partial charge in [-0.25, -0.2) is 0 Å². The summed E-state index contributed by atoms with van der Waals surface area (Å²) >= 11 is 0. The number of nitrogens with one attached hydrogen (secondary N) is 1. The monoisotopic (exact) mass is 249 g/mol. The maximum Gasteiger partial charge on any atom is 0.126 e. The average Bonchev–Trinajstić information content (AvgIpc) is 2.90. The van der Waals surface area contributed by atoms with E-state index in [1.165, 1.54) is 17.5 Å². The van der Waals surface area contributed by atoms with E-state index < -0.39 is 0 Å². The Labute approximate surface area is 109 Å². The number of methoxy groups -OCH3 is 2. The molecule has 0 aromatic heterocycles. The van der Waals surface area contributed by atoms with Crippen molar-refractivity contribution in [1.82, 2.24) is 5.32 Å². The Morgan fingerprint density at radius 2 is 1.89 bits per heavy atom. The molecule has 3 nitrogen and oxygen atoms in total. The Morgan fingerprint density at radius 3 is 2.39 bits per heavy atom. The van der Waals surface area contributed by atoms with Crippen LogP contribution in [0, 0.1) is 0 Å². The van der Waals surface area contributed by atoms with Gasteiger partial charge in [-0.15, -0.1) is 0 Å². The predicted octanol–water partition coefficient (Wildman–Crippen LogP) is 2.90. The molecule has 0 aliphatic carbocycles. The first-order chi connectivity index (χ1) is 8.67. The Hall–Kier alpha value is -1.22. The van der Waals surface area contributed by atoms with Gasteiger partial charge < -0.3 is 14.8 Å². The van der Waals surface area contributed by atoms with Crippen LogP contribution in [0.4, 0.5) is 0 Å². The summed E-state index contributed by atoms with van der Waals surface area (Å²) < 4.78 is 11.0. The average molecular weight is 249 g/mol. The van der Waals surface area contributed by atoms with Crippen molar-refractivity contribution in [3.8, 4) is 11.5 Å². The van der Waals surface area contributed by atoms with Crippen LogP contribution in [0.2, 0.25) is 0 Å². The molecular weight excluding hydrogens is 226 g/mol. The number of hydrogen-bond acceptors (Lipinski definition) is 3. The van der Waals surface area contributed by atoms with Crippen molar-refractivity contribution in [2.24, 2.45) is 0 Å². The molecule has 1 aliphatic rings. The van der Waals surface area contributed by atoms with Gasteiger partial charge in [-0.2, -0.15) is 0 Å². The zero-order valence-electron chi connectivity index (χ0n) is 11.7. The molecule has 1 heterocycles. The van der Waals surface area contributed by atoms with Gasteiger partial charge in [0.2, 0.25) is 0 Å². The molecule has 100 valence electrons. The molecule has 0 saturated carbocycles. The molecule has 0 spiro atoms. The quantitative estimate of drug-likeness (QED) is 0.890. The molecule has 0 amide bonds. The minimum atomic E-state index is 0.457.